The van der Waals surface area contributed by atoms with E-state index in [0.29, 0.717) is 17.9 Å². The number of hydrogen-bond acceptors (Lipinski definition) is 6. The molecule has 0 saturated carbocycles. The molecule has 0 bridgehead atoms. The Morgan fingerprint density at radius 2 is 1.74 bits per heavy atom. The number of carbonyl (C=O) groups excluding carboxylic acids is 1. The van der Waals surface area contributed by atoms with E-state index in [2.05, 4.69) is 4.72 Å². The van der Waals surface area contributed by atoms with Crippen LogP contribution in [0.3, 0.4) is 0 Å². The number of benzene rings is 2. The molecule has 1 N–H and O–H groups in total. The first-order chi connectivity index (χ1) is 12.9. The first-order valence-corrected chi connectivity index (χ1v) is 9.79. The third-order valence-electron chi connectivity index (χ3n) is 4.68. The minimum atomic E-state index is -3.91. The molecule has 2 atom stereocenters. The quantitative estimate of drug-likeness (QED) is 0.758. The Bertz CT molecular complexity index is 956. The molecule has 27 heavy (non-hydrogen) atoms. The Morgan fingerprint density at radius 3 is 2.41 bits per heavy atom. The largest absolute Gasteiger partial charge is 0.493 e. The Morgan fingerprint density at radius 1 is 1.04 bits per heavy atom. The molecule has 2 aromatic rings. The highest BCUT2D eigenvalue weighted by Crippen LogP contribution is 2.38. The second-order valence-electron chi connectivity index (χ2n) is 6.15. The van der Waals surface area contributed by atoms with Crippen molar-refractivity contribution in [2.45, 2.75) is 17.4 Å². The summed E-state index contributed by atoms with van der Waals surface area (Å²) in [6, 6.07) is 11.0. The third kappa shape index (κ3) is 3.63. The Hall–Kier alpha value is -2.58. The molecule has 1 aliphatic carbocycles. The van der Waals surface area contributed by atoms with Crippen molar-refractivity contribution in [1.29, 1.82) is 0 Å². The predicted molar refractivity (Wildman–Crippen MR) is 98.3 cm³/mol. The van der Waals surface area contributed by atoms with Crippen LogP contribution in [0.5, 0.6) is 11.5 Å². The van der Waals surface area contributed by atoms with E-state index < -0.39 is 28.0 Å². The van der Waals surface area contributed by atoms with Crippen LogP contribution in [0, 0.1) is 5.92 Å². The van der Waals surface area contributed by atoms with E-state index in [-0.39, 0.29) is 4.90 Å². The second kappa shape index (κ2) is 7.58. The summed E-state index contributed by atoms with van der Waals surface area (Å²) in [6.45, 7) is 0. The zero-order valence-electron chi connectivity index (χ0n) is 15.3. The fraction of sp³-hybridized carbons (Fsp3) is 0.316. The number of hydrogen-bond donors (Lipinski definition) is 1. The van der Waals surface area contributed by atoms with Gasteiger partial charge in [0.2, 0.25) is 10.0 Å². The standard InChI is InChI=1S/C19H21NO6S/c1-24-16-9-8-13(11-17(16)25-2)27(22,23)20-18-14-7-5-4-6-12(14)10-15(18)19(21)26-3/h4-9,11,15,18,20H,10H2,1-3H3/t15-,18-/m1/s1. The number of nitrogens with one attached hydrogen (secondary N) is 1. The molecular formula is C19H21NO6S. The van der Waals surface area contributed by atoms with Crippen LogP contribution in [-0.2, 0) is 26.0 Å². The Labute approximate surface area is 158 Å². The molecule has 3 rings (SSSR count). The van der Waals surface area contributed by atoms with Crippen molar-refractivity contribution in [3.8, 4) is 11.5 Å². The number of carbonyl (C=O) groups is 1. The Balaban J connectivity index is 1.97. The summed E-state index contributed by atoms with van der Waals surface area (Å²) >= 11 is 0. The highest BCUT2D eigenvalue weighted by Gasteiger charge is 2.40. The fourth-order valence-electron chi connectivity index (χ4n) is 3.33. The zero-order chi connectivity index (χ0) is 19.6. The molecule has 7 nitrogen and oxygen atoms in total. The number of esters is 1. The number of ether oxygens (including phenoxy) is 3. The summed E-state index contributed by atoms with van der Waals surface area (Å²) in [4.78, 5) is 12.2. The highest BCUT2D eigenvalue weighted by molar-refractivity contribution is 7.89. The summed E-state index contributed by atoms with van der Waals surface area (Å²) in [5.41, 5.74) is 1.70. The average Bonchev–Trinajstić information content (AvgIpc) is 3.04. The van der Waals surface area contributed by atoms with E-state index in [0.717, 1.165) is 11.1 Å². The van der Waals surface area contributed by atoms with Gasteiger partial charge in [0.05, 0.1) is 38.2 Å². The molecular weight excluding hydrogens is 370 g/mol. The van der Waals surface area contributed by atoms with Gasteiger partial charge in [0, 0.05) is 6.07 Å². The predicted octanol–water partition coefficient (Wildman–Crippen LogP) is 2.07. The minimum absolute atomic E-state index is 0.0214. The smallest absolute Gasteiger partial charge is 0.310 e. The second-order valence-corrected chi connectivity index (χ2v) is 7.86. The highest BCUT2D eigenvalue weighted by atomic mass is 32.2. The summed E-state index contributed by atoms with van der Waals surface area (Å²) in [5, 5.41) is 0. The number of rotatable bonds is 6. The lowest BCUT2D eigenvalue weighted by atomic mass is 10.0. The van der Waals surface area contributed by atoms with Gasteiger partial charge in [-0.15, -0.1) is 0 Å². The zero-order valence-corrected chi connectivity index (χ0v) is 16.1. The molecule has 2 aromatic carbocycles. The van der Waals surface area contributed by atoms with Gasteiger partial charge in [-0.25, -0.2) is 13.1 Å². The van der Waals surface area contributed by atoms with Gasteiger partial charge in [-0.05, 0) is 29.7 Å². The van der Waals surface area contributed by atoms with E-state index in [4.69, 9.17) is 14.2 Å². The lowest BCUT2D eigenvalue weighted by molar-refractivity contribution is -0.146. The van der Waals surface area contributed by atoms with Crippen molar-refractivity contribution in [3.63, 3.8) is 0 Å². The van der Waals surface area contributed by atoms with Crippen molar-refractivity contribution < 1.29 is 27.4 Å². The molecule has 0 unspecified atom stereocenters. The van der Waals surface area contributed by atoms with E-state index in [1.54, 1.807) is 0 Å². The van der Waals surface area contributed by atoms with Crippen LogP contribution in [0.1, 0.15) is 17.2 Å². The SMILES string of the molecule is COC(=O)[C@@H]1Cc2ccccc2[C@H]1NS(=O)(=O)c1ccc(OC)c(OC)c1. The van der Waals surface area contributed by atoms with Crippen molar-refractivity contribution in [2.24, 2.45) is 5.92 Å². The molecule has 144 valence electrons. The molecule has 0 spiro atoms. The maximum atomic E-state index is 13.0. The molecule has 0 radical (unpaired) electrons. The summed E-state index contributed by atoms with van der Waals surface area (Å²) in [5.74, 6) is -0.347. The van der Waals surface area contributed by atoms with Gasteiger partial charge in [-0.1, -0.05) is 24.3 Å². The first kappa shape index (κ1) is 19.2. The van der Waals surface area contributed by atoms with Crippen LogP contribution in [0.2, 0.25) is 0 Å². The van der Waals surface area contributed by atoms with E-state index >= 15 is 0 Å². The van der Waals surface area contributed by atoms with E-state index in [1.807, 2.05) is 24.3 Å². The lowest BCUT2D eigenvalue weighted by Crippen LogP contribution is -2.35. The number of fused-ring (bicyclic) bond motifs is 1. The monoisotopic (exact) mass is 391 g/mol. The lowest BCUT2D eigenvalue weighted by Gasteiger charge is -2.20. The number of sulfonamides is 1. The van der Waals surface area contributed by atoms with Crippen molar-refractivity contribution in [3.05, 3.63) is 53.6 Å². The normalized spacial score (nSPS) is 18.6. The summed E-state index contributed by atoms with van der Waals surface area (Å²) in [6.07, 6.45) is 0.419. The van der Waals surface area contributed by atoms with Crippen LogP contribution in [0.25, 0.3) is 0 Å². The van der Waals surface area contributed by atoms with Gasteiger partial charge in [0.1, 0.15) is 0 Å². The minimum Gasteiger partial charge on any atom is -0.493 e. The van der Waals surface area contributed by atoms with Gasteiger partial charge in [-0.2, -0.15) is 0 Å². The fourth-order valence-corrected chi connectivity index (χ4v) is 4.60. The van der Waals surface area contributed by atoms with Crippen LogP contribution in [0.4, 0.5) is 0 Å². The van der Waals surface area contributed by atoms with E-state index in [1.165, 1.54) is 39.5 Å². The third-order valence-corrected chi connectivity index (χ3v) is 6.12. The molecule has 1 aliphatic rings. The van der Waals surface area contributed by atoms with Gasteiger partial charge in [-0.3, -0.25) is 4.79 Å². The molecule has 0 aliphatic heterocycles. The van der Waals surface area contributed by atoms with Crippen molar-refractivity contribution in [1.82, 2.24) is 4.72 Å². The average molecular weight is 391 g/mol. The van der Waals surface area contributed by atoms with Crippen LogP contribution >= 0.6 is 0 Å². The van der Waals surface area contributed by atoms with Gasteiger partial charge >= 0.3 is 5.97 Å². The molecule has 8 heteroatoms. The van der Waals surface area contributed by atoms with Crippen LogP contribution in [0.15, 0.2) is 47.4 Å². The molecule has 0 amide bonds. The van der Waals surface area contributed by atoms with Gasteiger partial charge in [0.25, 0.3) is 0 Å². The van der Waals surface area contributed by atoms with Crippen LogP contribution in [-0.4, -0.2) is 35.7 Å². The maximum Gasteiger partial charge on any atom is 0.310 e. The van der Waals surface area contributed by atoms with Crippen molar-refractivity contribution in [2.75, 3.05) is 21.3 Å². The molecule has 0 heterocycles. The first-order valence-electron chi connectivity index (χ1n) is 8.31. The van der Waals surface area contributed by atoms with Crippen molar-refractivity contribution >= 4 is 16.0 Å². The molecule has 0 aromatic heterocycles. The van der Waals surface area contributed by atoms with E-state index in [9.17, 15) is 13.2 Å². The summed E-state index contributed by atoms with van der Waals surface area (Å²) in [7, 11) is 0.290. The van der Waals surface area contributed by atoms with Gasteiger partial charge < -0.3 is 14.2 Å². The van der Waals surface area contributed by atoms with Crippen LogP contribution < -0.4 is 14.2 Å². The summed E-state index contributed by atoms with van der Waals surface area (Å²) < 4.78 is 43.8. The van der Waals surface area contributed by atoms with Gasteiger partial charge in [0.15, 0.2) is 11.5 Å². The number of methoxy groups -OCH3 is 3. The topological polar surface area (TPSA) is 90.9 Å². The molecule has 0 fully saturated rings. The maximum absolute atomic E-state index is 13.0. The molecule has 0 saturated heterocycles. The Kier molecular flexibility index (Phi) is 5.38.